The van der Waals surface area contributed by atoms with Crippen LogP contribution in [0.5, 0.6) is 0 Å². The smallest absolute Gasteiger partial charge is 0.293 e. The van der Waals surface area contributed by atoms with Crippen molar-refractivity contribution in [3.63, 3.8) is 0 Å². The summed E-state index contributed by atoms with van der Waals surface area (Å²) in [4.78, 5) is 11.0. The van der Waals surface area contributed by atoms with Gasteiger partial charge in [0.15, 0.2) is 5.78 Å². The van der Waals surface area contributed by atoms with E-state index in [-0.39, 0.29) is 16.9 Å². The Morgan fingerprint density at radius 1 is 0.920 bits per heavy atom. The van der Waals surface area contributed by atoms with Gasteiger partial charge in [-0.2, -0.15) is 13.2 Å². The Morgan fingerprint density at radius 3 is 1.76 bits per heavy atom. The fourth-order valence-electron chi connectivity index (χ4n) is 1.50. The number of halogens is 6. The van der Waals surface area contributed by atoms with Crippen LogP contribution in [-0.2, 0) is 11.5 Å². The maximum Gasteiger partial charge on any atom is 0.416 e. The second kappa shape index (κ2) is 12.2. The van der Waals surface area contributed by atoms with E-state index in [1.807, 2.05) is 13.8 Å². The van der Waals surface area contributed by atoms with Crippen LogP contribution in [0.1, 0.15) is 35.3 Å². The average molecular weight is 486 g/mol. The summed E-state index contributed by atoms with van der Waals surface area (Å²) in [7, 11) is 0. The molecule has 0 amide bonds. The number of Topliss-reactive ketones (excluding diaryl/α,β-unsaturated/α-hetero) is 1. The van der Waals surface area contributed by atoms with Gasteiger partial charge < -0.3 is 0 Å². The van der Waals surface area contributed by atoms with Gasteiger partial charge in [0.25, 0.3) is 0 Å². The molecule has 0 aromatic heterocycles. The van der Waals surface area contributed by atoms with E-state index in [4.69, 9.17) is 0 Å². The lowest BCUT2D eigenvalue weighted by Crippen LogP contribution is -2.04. The molecule has 0 bridgehead atoms. The molecule has 0 fully saturated rings. The van der Waals surface area contributed by atoms with Gasteiger partial charge in [0, 0.05) is 10.9 Å². The van der Waals surface area contributed by atoms with Crippen LogP contribution in [0.4, 0.5) is 17.6 Å². The summed E-state index contributed by atoms with van der Waals surface area (Å²) in [6, 6.07) is 10.6. The number of ketones is 1. The maximum atomic E-state index is 12.3. The van der Waals surface area contributed by atoms with Crippen LogP contribution >= 0.6 is 31.9 Å². The van der Waals surface area contributed by atoms with E-state index >= 15 is 0 Å². The first-order chi connectivity index (χ1) is 11.8. The highest BCUT2D eigenvalue weighted by Gasteiger charge is 2.29. The molecule has 0 saturated heterocycles. The summed E-state index contributed by atoms with van der Waals surface area (Å²) >= 11 is 6.18. The topological polar surface area (TPSA) is 17.1 Å². The molecular formula is C18H18Br2F4O. The van der Waals surface area contributed by atoms with Gasteiger partial charge in [-0.25, -0.2) is 4.39 Å². The zero-order valence-electron chi connectivity index (χ0n) is 13.7. The summed E-state index contributed by atoms with van der Waals surface area (Å²) in [6.07, 6.45) is -4.23. The van der Waals surface area contributed by atoms with Gasteiger partial charge in [0.1, 0.15) is 5.82 Å². The molecule has 0 unspecified atom stereocenters. The molecule has 2 aromatic rings. The molecule has 1 nitrogen and oxygen atoms in total. The number of benzene rings is 2. The molecular weight excluding hydrogens is 468 g/mol. The first-order valence-electron chi connectivity index (χ1n) is 7.34. The van der Waals surface area contributed by atoms with Gasteiger partial charge in [-0.1, -0.05) is 57.8 Å². The van der Waals surface area contributed by atoms with Crippen LogP contribution in [-0.4, -0.2) is 11.1 Å². The molecule has 0 aliphatic carbocycles. The number of carbonyl (C=O) groups excluding carboxylic acids is 1. The summed E-state index contributed by atoms with van der Waals surface area (Å²) < 4.78 is 48.4. The highest BCUT2D eigenvalue weighted by atomic mass is 79.9. The lowest BCUT2D eigenvalue weighted by Gasteiger charge is -2.05. The molecule has 0 atom stereocenters. The van der Waals surface area contributed by atoms with Crippen LogP contribution < -0.4 is 0 Å². The van der Waals surface area contributed by atoms with Gasteiger partial charge in [-0.3, -0.25) is 4.79 Å². The van der Waals surface area contributed by atoms with Crippen molar-refractivity contribution in [1.82, 2.24) is 0 Å². The predicted molar refractivity (Wildman–Crippen MR) is 99.9 cm³/mol. The number of carbonyl (C=O) groups is 1. The third kappa shape index (κ3) is 9.16. The Kier molecular flexibility index (Phi) is 11.6. The van der Waals surface area contributed by atoms with Crippen molar-refractivity contribution in [2.45, 2.75) is 25.4 Å². The number of hydrogen-bond acceptors (Lipinski definition) is 1. The lowest BCUT2D eigenvalue weighted by molar-refractivity contribution is -0.137. The van der Waals surface area contributed by atoms with E-state index in [1.54, 1.807) is 0 Å². The standard InChI is InChI=1S/C8H6BrF3.C8H6BrFO.C2H6/c9-5-6-1-3-7(4-2-6)8(10,11)12;9-5-8(11)6-1-3-7(10)4-2-6;1-2/h1-4H,5H2;1-4H,5H2;1-2H3. The molecule has 138 valence electrons. The van der Waals surface area contributed by atoms with Crippen molar-refractivity contribution in [2.24, 2.45) is 0 Å². The summed E-state index contributed by atoms with van der Waals surface area (Å²) in [5.74, 6) is -0.360. The Labute approximate surface area is 161 Å². The molecule has 0 aliphatic heterocycles. The van der Waals surface area contributed by atoms with Crippen LogP contribution in [0.15, 0.2) is 48.5 Å². The van der Waals surface area contributed by atoms with E-state index < -0.39 is 11.7 Å². The van der Waals surface area contributed by atoms with E-state index in [1.165, 1.54) is 36.4 Å². The van der Waals surface area contributed by atoms with Gasteiger partial charge in [-0.15, -0.1) is 0 Å². The van der Waals surface area contributed by atoms with Crippen LogP contribution in [0.2, 0.25) is 0 Å². The van der Waals surface area contributed by atoms with Crippen LogP contribution in [0.25, 0.3) is 0 Å². The van der Waals surface area contributed by atoms with Crippen molar-refractivity contribution < 1.29 is 22.4 Å². The maximum absolute atomic E-state index is 12.3. The highest BCUT2D eigenvalue weighted by molar-refractivity contribution is 9.09. The van der Waals surface area contributed by atoms with Gasteiger partial charge in [-0.05, 0) is 42.0 Å². The Bertz CT molecular complexity index is 623. The van der Waals surface area contributed by atoms with Gasteiger partial charge in [0.2, 0.25) is 0 Å². The Balaban J connectivity index is 0.000000421. The van der Waals surface area contributed by atoms with Crippen molar-refractivity contribution in [2.75, 3.05) is 5.33 Å². The van der Waals surface area contributed by atoms with Crippen LogP contribution in [0, 0.1) is 5.82 Å². The average Bonchev–Trinajstić information content (AvgIpc) is 2.63. The van der Waals surface area contributed by atoms with Crippen molar-refractivity contribution in [3.05, 3.63) is 71.0 Å². The zero-order chi connectivity index (χ0) is 19.5. The first kappa shape index (κ1) is 23.8. The second-order valence-corrected chi connectivity index (χ2v) is 5.51. The molecule has 0 N–H and O–H groups in total. The summed E-state index contributed by atoms with van der Waals surface area (Å²) in [5, 5.41) is 0.851. The molecule has 0 radical (unpaired) electrons. The van der Waals surface area contributed by atoms with E-state index in [9.17, 15) is 22.4 Å². The quantitative estimate of drug-likeness (QED) is 0.259. The zero-order valence-corrected chi connectivity index (χ0v) is 16.9. The minimum absolute atomic E-state index is 0.0370. The molecule has 2 aromatic carbocycles. The third-order valence-electron chi connectivity index (χ3n) is 2.72. The minimum atomic E-state index is -4.23. The normalized spacial score (nSPS) is 10.1. The van der Waals surface area contributed by atoms with Gasteiger partial charge >= 0.3 is 6.18 Å². The number of hydrogen-bond donors (Lipinski definition) is 0. The minimum Gasteiger partial charge on any atom is -0.293 e. The lowest BCUT2D eigenvalue weighted by atomic mass is 10.1. The highest BCUT2D eigenvalue weighted by Crippen LogP contribution is 2.29. The van der Waals surface area contributed by atoms with E-state index in [0.29, 0.717) is 10.9 Å². The molecule has 0 aliphatic rings. The predicted octanol–water partition coefficient (Wildman–Crippen LogP) is 7.03. The summed E-state index contributed by atoms with van der Waals surface area (Å²) in [5.41, 5.74) is 0.762. The number of alkyl halides is 5. The molecule has 25 heavy (non-hydrogen) atoms. The van der Waals surface area contributed by atoms with Crippen molar-refractivity contribution in [3.8, 4) is 0 Å². The van der Waals surface area contributed by atoms with Crippen molar-refractivity contribution in [1.29, 1.82) is 0 Å². The SMILES string of the molecule is CC.FC(F)(F)c1ccc(CBr)cc1.O=C(CBr)c1ccc(F)cc1. The fraction of sp³-hybridized carbons (Fsp3) is 0.278. The Morgan fingerprint density at radius 2 is 1.40 bits per heavy atom. The number of rotatable bonds is 3. The largest absolute Gasteiger partial charge is 0.416 e. The molecule has 2 rings (SSSR count). The fourth-order valence-corrected chi connectivity index (χ4v) is 2.19. The van der Waals surface area contributed by atoms with E-state index in [0.717, 1.165) is 17.7 Å². The first-order valence-corrected chi connectivity index (χ1v) is 9.59. The molecule has 7 heteroatoms. The monoisotopic (exact) mass is 484 g/mol. The van der Waals surface area contributed by atoms with Crippen LogP contribution in [0.3, 0.4) is 0 Å². The molecule has 0 heterocycles. The van der Waals surface area contributed by atoms with Crippen molar-refractivity contribution >= 4 is 37.6 Å². The Hall–Kier alpha value is -1.21. The van der Waals surface area contributed by atoms with Gasteiger partial charge in [0.05, 0.1) is 10.9 Å². The summed E-state index contributed by atoms with van der Waals surface area (Å²) in [6.45, 7) is 4.00. The second-order valence-electron chi connectivity index (χ2n) is 4.39. The third-order valence-corrected chi connectivity index (χ3v) is 3.88. The van der Waals surface area contributed by atoms with E-state index in [2.05, 4.69) is 31.9 Å². The molecule has 0 saturated carbocycles. The molecule has 0 spiro atoms.